The summed E-state index contributed by atoms with van der Waals surface area (Å²) in [5, 5.41) is 12.4. The molecule has 1 rings (SSSR count). The zero-order chi connectivity index (χ0) is 10.9. The van der Waals surface area contributed by atoms with Crippen molar-refractivity contribution >= 4 is 5.97 Å². The molecule has 0 fully saturated rings. The highest BCUT2D eigenvalue weighted by molar-refractivity contribution is 5.84. The Labute approximate surface area is 82.9 Å². The number of carbonyl (C=O) groups is 1. The van der Waals surface area contributed by atoms with Crippen LogP contribution in [-0.4, -0.2) is 16.2 Å². The van der Waals surface area contributed by atoms with E-state index in [0.717, 1.165) is 0 Å². The molecule has 0 aliphatic heterocycles. The smallest absolute Gasteiger partial charge is 0.374 e. The number of rotatable bonds is 2. The number of hydrogen-bond donors (Lipinski definition) is 1. The Kier molecular flexibility index (Phi) is 2.64. The maximum Gasteiger partial charge on any atom is 0.374 e. The lowest BCUT2D eigenvalue weighted by Crippen LogP contribution is -2.15. The molecule has 0 saturated carbocycles. The predicted molar refractivity (Wildman–Crippen MR) is 51.3 cm³/mol. The van der Waals surface area contributed by atoms with Crippen molar-refractivity contribution in [1.82, 2.24) is 5.16 Å². The Hall–Kier alpha value is -1.32. The third-order valence-corrected chi connectivity index (χ3v) is 2.48. The van der Waals surface area contributed by atoms with E-state index in [1.165, 1.54) is 6.07 Å². The highest BCUT2D eigenvalue weighted by Crippen LogP contribution is 2.33. The third-order valence-electron chi connectivity index (χ3n) is 2.48. The van der Waals surface area contributed by atoms with E-state index in [1.807, 2.05) is 6.92 Å². The van der Waals surface area contributed by atoms with Crippen LogP contribution in [0, 0.1) is 5.41 Å². The number of aromatic carboxylic acids is 1. The first-order valence-corrected chi connectivity index (χ1v) is 4.52. The maximum absolute atomic E-state index is 10.6. The van der Waals surface area contributed by atoms with Crippen LogP contribution >= 0.6 is 0 Å². The zero-order valence-electron chi connectivity index (χ0n) is 8.87. The van der Waals surface area contributed by atoms with Gasteiger partial charge >= 0.3 is 5.97 Å². The molecular formula is C10H15NO3. The summed E-state index contributed by atoms with van der Waals surface area (Å²) in [5.41, 5.74) is 0.738. The zero-order valence-corrected chi connectivity index (χ0v) is 8.87. The summed E-state index contributed by atoms with van der Waals surface area (Å²) in [6.45, 7) is 8.23. The summed E-state index contributed by atoms with van der Waals surface area (Å²) in [6.07, 6.45) is 0. The van der Waals surface area contributed by atoms with Crippen LogP contribution in [0.15, 0.2) is 10.6 Å². The first kappa shape index (κ1) is 10.8. The Bertz CT molecular complexity index is 335. The van der Waals surface area contributed by atoms with E-state index in [2.05, 4.69) is 25.9 Å². The largest absolute Gasteiger partial charge is 0.475 e. The molecule has 78 valence electrons. The molecule has 0 bridgehead atoms. The van der Waals surface area contributed by atoms with Gasteiger partial charge in [0.1, 0.15) is 0 Å². The van der Waals surface area contributed by atoms with Gasteiger partial charge in [0, 0.05) is 12.0 Å². The monoisotopic (exact) mass is 197 g/mol. The van der Waals surface area contributed by atoms with Crippen LogP contribution in [0.3, 0.4) is 0 Å². The van der Waals surface area contributed by atoms with Crippen molar-refractivity contribution in [3.05, 3.63) is 17.5 Å². The Morgan fingerprint density at radius 1 is 1.57 bits per heavy atom. The van der Waals surface area contributed by atoms with E-state index >= 15 is 0 Å². The van der Waals surface area contributed by atoms with Crippen LogP contribution in [-0.2, 0) is 0 Å². The second-order valence-corrected chi connectivity index (χ2v) is 4.51. The van der Waals surface area contributed by atoms with Crippen LogP contribution < -0.4 is 0 Å². The van der Waals surface area contributed by atoms with E-state index < -0.39 is 5.97 Å². The van der Waals surface area contributed by atoms with Crippen molar-refractivity contribution < 1.29 is 14.4 Å². The molecule has 4 heteroatoms. The van der Waals surface area contributed by atoms with Crippen LogP contribution in [0.1, 0.15) is 49.9 Å². The summed E-state index contributed by atoms with van der Waals surface area (Å²) in [6, 6.07) is 1.48. The number of hydrogen-bond acceptors (Lipinski definition) is 3. The fourth-order valence-corrected chi connectivity index (χ4v) is 1.04. The van der Waals surface area contributed by atoms with Gasteiger partial charge in [-0.2, -0.15) is 0 Å². The molecule has 0 saturated heterocycles. The average Bonchev–Trinajstić information content (AvgIpc) is 2.48. The minimum absolute atomic E-state index is 0.0483. The molecule has 1 atom stereocenters. The van der Waals surface area contributed by atoms with Crippen LogP contribution in [0.25, 0.3) is 0 Å². The summed E-state index contributed by atoms with van der Waals surface area (Å²) in [5.74, 6) is -1.01. The van der Waals surface area contributed by atoms with Gasteiger partial charge in [-0.25, -0.2) is 4.79 Å². The Morgan fingerprint density at radius 3 is 2.50 bits per heavy atom. The number of aromatic nitrogens is 1. The van der Waals surface area contributed by atoms with E-state index in [-0.39, 0.29) is 17.1 Å². The van der Waals surface area contributed by atoms with Gasteiger partial charge in [0.2, 0.25) is 5.76 Å². The van der Waals surface area contributed by atoms with E-state index in [0.29, 0.717) is 5.69 Å². The van der Waals surface area contributed by atoms with Crippen LogP contribution in [0.2, 0.25) is 0 Å². The molecule has 1 aromatic rings. The molecule has 0 spiro atoms. The summed E-state index contributed by atoms with van der Waals surface area (Å²) < 4.78 is 4.69. The minimum Gasteiger partial charge on any atom is -0.475 e. The van der Waals surface area contributed by atoms with Gasteiger partial charge < -0.3 is 9.63 Å². The molecule has 1 unspecified atom stereocenters. The van der Waals surface area contributed by atoms with E-state index in [4.69, 9.17) is 9.63 Å². The number of carboxylic acid groups (broad SMARTS) is 1. The normalized spacial score (nSPS) is 14.0. The first-order valence-electron chi connectivity index (χ1n) is 4.52. The maximum atomic E-state index is 10.6. The van der Waals surface area contributed by atoms with E-state index in [1.54, 1.807) is 0 Å². The van der Waals surface area contributed by atoms with Gasteiger partial charge in [0.25, 0.3) is 0 Å². The summed E-state index contributed by atoms with van der Waals surface area (Å²) in [4.78, 5) is 10.6. The lowest BCUT2D eigenvalue weighted by molar-refractivity contribution is 0.0652. The fraction of sp³-hybridized carbons (Fsp3) is 0.600. The molecule has 1 N–H and O–H groups in total. The molecule has 0 aliphatic carbocycles. The average molecular weight is 197 g/mol. The Balaban J connectivity index is 2.92. The fourth-order valence-electron chi connectivity index (χ4n) is 1.04. The predicted octanol–water partition coefficient (Wildman–Crippen LogP) is 2.52. The third kappa shape index (κ3) is 2.13. The highest BCUT2D eigenvalue weighted by atomic mass is 16.5. The number of nitrogens with zero attached hydrogens (tertiary/aromatic N) is 1. The van der Waals surface area contributed by atoms with Crippen molar-refractivity contribution in [3.63, 3.8) is 0 Å². The molecule has 0 amide bonds. The van der Waals surface area contributed by atoms with Crippen molar-refractivity contribution in [1.29, 1.82) is 0 Å². The lowest BCUT2D eigenvalue weighted by Gasteiger charge is -2.24. The Morgan fingerprint density at radius 2 is 2.14 bits per heavy atom. The standard InChI is InChI=1S/C10H15NO3/c1-6(10(2,3)4)7-5-8(9(12)13)14-11-7/h5-6H,1-4H3,(H,12,13). The van der Waals surface area contributed by atoms with Gasteiger partial charge in [-0.15, -0.1) is 0 Å². The lowest BCUT2D eigenvalue weighted by atomic mass is 9.80. The van der Waals surface area contributed by atoms with Crippen LogP contribution in [0.4, 0.5) is 0 Å². The van der Waals surface area contributed by atoms with Gasteiger partial charge in [-0.1, -0.05) is 32.9 Å². The van der Waals surface area contributed by atoms with Gasteiger partial charge in [-0.3, -0.25) is 0 Å². The van der Waals surface area contributed by atoms with Crippen molar-refractivity contribution in [2.75, 3.05) is 0 Å². The number of carboxylic acids is 1. The SMILES string of the molecule is CC(c1cc(C(=O)O)on1)C(C)(C)C. The molecular weight excluding hydrogens is 182 g/mol. The highest BCUT2D eigenvalue weighted by Gasteiger charge is 2.25. The molecule has 0 radical (unpaired) electrons. The first-order chi connectivity index (χ1) is 6.32. The van der Waals surface area contributed by atoms with Gasteiger partial charge in [-0.05, 0) is 5.41 Å². The van der Waals surface area contributed by atoms with Crippen LogP contribution in [0.5, 0.6) is 0 Å². The second kappa shape index (κ2) is 3.44. The molecule has 0 aliphatic rings. The van der Waals surface area contributed by atoms with Gasteiger partial charge in [0.15, 0.2) is 0 Å². The summed E-state index contributed by atoms with van der Waals surface area (Å²) in [7, 11) is 0. The van der Waals surface area contributed by atoms with Crippen molar-refractivity contribution in [3.8, 4) is 0 Å². The molecule has 14 heavy (non-hydrogen) atoms. The molecule has 1 aromatic heterocycles. The molecule has 4 nitrogen and oxygen atoms in total. The minimum atomic E-state index is -1.08. The quantitative estimate of drug-likeness (QED) is 0.791. The molecule has 0 aromatic carbocycles. The van der Waals surface area contributed by atoms with E-state index in [9.17, 15) is 4.79 Å². The van der Waals surface area contributed by atoms with Crippen molar-refractivity contribution in [2.24, 2.45) is 5.41 Å². The second-order valence-electron chi connectivity index (χ2n) is 4.51. The van der Waals surface area contributed by atoms with Gasteiger partial charge in [0.05, 0.1) is 5.69 Å². The topological polar surface area (TPSA) is 63.3 Å². The van der Waals surface area contributed by atoms with Crippen molar-refractivity contribution in [2.45, 2.75) is 33.6 Å². The summed E-state index contributed by atoms with van der Waals surface area (Å²) >= 11 is 0. The molecule has 1 heterocycles.